The molecular weight excluding hydrogens is 644 g/mol. The van der Waals surface area contributed by atoms with Crippen LogP contribution in [-0.2, 0) is 35.9 Å². The lowest BCUT2D eigenvalue weighted by Gasteiger charge is -2.35. The maximum absolute atomic E-state index is 14.8. The molecule has 4 rings (SSSR count). The largest absolute Gasteiger partial charge is 0.448 e. The standard InChI is InChI=1S/C32H40N6O9S/c1-9-44-29(41)36-27(48-38(31(43)47-20(5)6)34-28(40)46-19(3)4)33-32(37(36)30(42)45-10-2)24-13-11-12-14-25(24)35(26(32)39)18-23-16-21(7)15-22(8)17-23/h11-17,19-20H,9-10,18H2,1-8H3,(H,34,40). The van der Waals surface area contributed by atoms with Crippen LogP contribution in [0.2, 0.25) is 0 Å². The Morgan fingerprint density at radius 2 is 1.52 bits per heavy atom. The lowest BCUT2D eigenvalue weighted by atomic mass is 10.0. The van der Waals surface area contributed by atoms with E-state index in [4.69, 9.17) is 23.9 Å². The Morgan fingerprint density at radius 1 is 0.917 bits per heavy atom. The normalized spacial score (nSPS) is 16.7. The number of hydrogen-bond acceptors (Lipinski definition) is 11. The lowest BCUT2D eigenvalue weighted by Crippen LogP contribution is -2.59. The van der Waals surface area contributed by atoms with E-state index < -0.39 is 48.2 Å². The average molecular weight is 685 g/mol. The van der Waals surface area contributed by atoms with Crippen molar-refractivity contribution in [1.82, 2.24) is 19.9 Å². The van der Waals surface area contributed by atoms with Crippen LogP contribution >= 0.6 is 11.9 Å². The van der Waals surface area contributed by atoms with Crippen molar-refractivity contribution in [3.63, 3.8) is 0 Å². The number of nitrogens with one attached hydrogen (secondary N) is 1. The van der Waals surface area contributed by atoms with Crippen molar-refractivity contribution in [3.8, 4) is 0 Å². The van der Waals surface area contributed by atoms with Crippen LogP contribution in [0.25, 0.3) is 0 Å². The summed E-state index contributed by atoms with van der Waals surface area (Å²) in [6, 6.07) is 12.6. The second kappa shape index (κ2) is 14.8. The molecule has 0 saturated carbocycles. The topological polar surface area (TPSA) is 160 Å². The quantitative estimate of drug-likeness (QED) is 0.226. The number of hydrazine groups is 2. The zero-order chi connectivity index (χ0) is 35.3. The van der Waals surface area contributed by atoms with Crippen molar-refractivity contribution in [1.29, 1.82) is 0 Å². The summed E-state index contributed by atoms with van der Waals surface area (Å²) in [5.74, 6) is -0.677. The Kier molecular flexibility index (Phi) is 11.1. The summed E-state index contributed by atoms with van der Waals surface area (Å²) < 4.78 is 21.8. The summed E-state index contributed by atoms with van der Waals surface area (Å²) in [6.07, 6.45) is -5.42. The smallest absolute Gasteiger partial charge is 0.440 e. The fourth-order valence-electron chi connectivity index (χ4n) is 5.25. The molecule has 2 aliphatic rings. The number of amides is 5. The number of aliphatic imine (C=N–C) groups is 1. The molecular formula is C32H40N6O9S. The predicted molar refractivity (Wildman–Crippen MR) is 176 cm³/mol. The zero-order valence-electron chi connectivity index (χ0n) is 28.1. The van der Waals surface area contributed by atoms with Crippen molar-refractivity contribution in [2.24, 2.45) is 4.99 Å². The minimum Gasteiger partial charge on any atom is -0.448 e. The summed E-state index contributed by atoms with van der Waals surface area (Å²) in [7, 11) is 0. The van der Waals surface area contributed by atoms with Crippen molar-refractivity contribution >= 4 is 53.1 Å². The fraction of sp³-hybridized carbons (Fsp3) is 0.438. The predicted octanol–water partition coefficient (Wildman–Crippen LogP) is 5.75. The third-order valence-electron chi connectivity index (χ3n) is 6.77. The van der Waals surface area contributed by atoms with Gasteiger partial charge in [0.25, 0.3) is 11.6 Å². The molecule has 1 N–H and O–H groups in total. The van der Waals surface area contributed by atoms with Crippen LogP contribution in [0.3, 0.4) is 0 Å². The first-order chi connectivity index (χ1) is 22.7. The number of fused-ring (bicyclic) bond motifs is 2. The first kappa shape index (κ1) is 35.9. The molecule has 0 aliphatic carbocycles. The first-order valence-electron chi connectivity index (χ1n) is 15.4. The number of benzene rings is 2. The molecule has 258 valence electrons. The van der Waals surface area contributed by atoms with Crippen LogP contribution in [-0.4, -0.2) is 75.3 Å². The van der Waals surface area contributed by atoms with Crippen molar-refractivity contribution in [2.75, 3.05) is 18.1 Å². The second-order valence-corrected chi connectivity index (χ2v) is 12.3. The first-order valence-corrected chi connectivity index (χ1v) is 16.2. The van der Waals surface area contributed by atoms with Gasteiger partial charge in [0.1, 0.15) is 0 Å². The van der Waals surface area contributed by atoms with E-state index in [2.05, 4.69) is 5.43 Å². The van der Waals surface area contributed by atoms with Crippen LogP contribution < -0.4 is 10.3 Å². The number of ether oxygens (including phenoxy) is 4. The Morgan fingerprint density at radius 3 is 2.12 bits per heavy atom. The molecule has 2 aliphatic heterocycles. The van der Waals surface area contributed by atoms with Crippen LogP contribution in [0.4, 0.5) is 24.9 Å². The molecule has 1 unspecified atom stereocenters. The SMILES string of the molecule is CCOC(=O)N1C(SN(NC(=O)OC(C)C)C(=O)OC(C)C)=NC2(C(=O)N(Cc3cc(C)cc(C)c3)c3ccccc32)N1C(=O)OCC. The molecule has 16 heteroatoms. The number of carbonyl (C=O) groups excluding carboxylic acids is 5. The van der Waals surface area contributed by atoms with Gasteiger partial charge in [0, 0.05) is 5.56 Å². The van der Waals surface area contributed by atoms with Gasteiger partial charge in [-0.05, 0) is 67.0 Å². The monoisotopic (exact) mass is 684 g/mol. The number of amidine groups is 1. The molecule has 0 fully saturated rings. The Hall–Kier alpha value is -4.99. The number of aryl methyl sites for hydroxylation is 2. The van der Waals surface area contributed by atoms with Crippen molar-refractivity contribution < 1.29 is 42.9 Å². The number of carbonyl (C=O) groups is 5. The highest BCUT2D eigenvalue weighted by Gasteiger charge is 2.65. The van der Waals surface area contributed by atoms with Crippen molar-refractivity contribution in [2.45, 2.75) is 79.8 Å². The summed E-state index contributed by atoms with van der Waals surface area (Å²) in [5.41, 5.74) is 3.58. The number of para-hydroxylation sites is 1. The van der Waals surface area contributed by atoms with Gasteiger partial charge in [0.2, 0.25) is 5.17 Å². The van der Waals surface area contributed by atoms with E-state index in [1.165, 1.54) is 4.90 Å². The van der Waals surface area contributed by atoms with Crippen LogP contribution in [0.15, 0.2) is 47.5 Å². The summed E-state index contributed by atoms with van der Waals surface area (Å²) in [5, 5.41) is 1.10. The summed E-state index contributed by atoms with van der Waals surface area (Å²) in [4.78, 5) is 74.4. The van der Waals surface area contributed by atoms with E-state index in [-0.39, 0.29) is 30.5 Å². The average Bonchev–Trinajstić information content (AvgIpc) is 3.44. The lowest BCUT2D eigenvalue weighted by molar-refractivity contribution is -0.133. The zero-order valence-corrected chi connectivity index (χ0v) is 29.0. The molecule has 48 heavy (non-hydrogen) atoms. The molecule has 5 amide bonds. The van der Waals surface area contributed by atoms with Gasteiger partial charge in [-0.15, -0.1) is 4.41 Å². The van der Waals surface area contributed by atoms with E-state index in [0.717, 1.165) is 21.7 Å². The molecule has 0 saturated heterocycles. The van der Waals surface area contributed by atoms with E-state index in [0.29, 0.717) is 27.1 Å². The number of hydrogen-bond donors (Lipinski definition) is 1. The van der Waals surface area contributed by atoms with Gasteiger partial charge in [-0.3, -0.25) is 4.79 Å². The van der Waals surface area contributed by atoms with Gasteiger partial charge < -0.3 is 23.8 Å². The Bertz CT molecular complexity index is 1600. The Balaban J connectivity index is 1.91. The molecule has 2 aromatic rings. The van der Waals surface area contributed by atoms with Gasteiger partial charge in [-0.2, -0.15) is 10.0 Å². The molecule has 2 heterocycles. The highest BCUT2D eigenvalue weighted by atomic mass is 32.2. The molecule has 0 bridgehead atoms. The molecule has 2 aromatic carbocycles. The molecule has 0 radical (unpaired) electrons. The van der Waals surface area contributed by atoms with Crippen molar-refractivity contribution in [3.05, 3.63) is 64.7 Å². The number of anilines is 1. The summed E-state index contributed by atoms with van der Waals surface area (Å²) >= 11 is 0.408. The molecule has 1 atom stereocenters. The maximum atomic E-state index is 14.8. The van der Waals surface area contributed by atoms with E-state index in [1.807, 2.05) is 32.0 Å². The summed E-state index contributed by atoms with van der Waals surface area (Å²) in [6.45, 7) is 13.3. The number of nitrogens with zero attached hydrogens (tertiary/aromatic N) is 5. The minimum atomic E-state index is -2.21. The van der Waals surface area contributed by atoms with E-state index >= 15 is 0 Å². The third-order valence-corrected chi connectivity index (χ3v) is 7.62. The second-order valence-electron chi connectivity index (χ2n) is 11.4. The van der Waals surface area contributed by atoms with Crippen LogP contribution in [0.1, 0.15) is 63.8 Å². The van der Waals surface area contributed by atoms with Gasteiger partial charge in [-0.1, -0.05) is 47.5 Å². The van der Waals surface area contributed by atoms with Gasteiger partial charge >= 0.3 is 24.4 Å². The van der Waals surface area contributed by atoms with Gasteiger partial charge in [0.05, 0.1) is 49.6 Å². The fourth-order valence-corrected chi connectivity index (χ4v) is 6.06. The van der Waals surface area contributed by atoms with E-state index in [1.54, 1.807) is 65.8 Å². The highest BCUT2D eigenvalue weighted by Crippen LogP contribution is 2.50. The minimum absolute atomic E-state index is 0.109. The Labute approximate surface area is 283 Å². The van der Waals surface area contributed by atoms with Crippen LogP contribution in [0.5, 0.6) is 0 Å². The highest BCUT2D eigenvalue weighted by molar-refractivity contribution is 8.12. The third kappa shape index (κ3) is 7.27. The maximum Gasteiger partial charge on any atom is 0.440 e. The number of rotatable bonds is 6. The molecule has 0 aromatic heterocycles. The molecule has 15 nitrogen and oxygen atoms in total. The molecule has 1 spiro atoms. The van der Waals surface area contributed by atoms with Gasteiger partial charge in [0.15, 0.2) is 0 Å². The van der Waals surface area contributed by atoms with E-state index in [9.17, 15) is 24.0 Å². The van der Waals surface area contributed by atoms with Crippen LogP contribution in [0, 0.1) is 13.8 Å². The van der Waals surface area contributed by atoms with Gasteiger partial charge in [-0.25, -0.2) is 29.6 Å².